The van der Waals surface area contributed by atoms with Crippen LogP contribution in [0.1, 0.15) is 35.7 Å². The molecule has 31 heavy (non-hydrogen) atoms. The molecule has 2 aromatic rings. The molecule has 2 aliphatic rings. The van der Waals surface area contributed by atoms with Gasteiger partial charge in [0.1, 0.15) is 18.0 Å². The van der Waals surface area contributed by atoms with Crippen LogP contribution in [-0.4, -0.2) is 47.2 Å². The molecule has 0 aromatic heterocycles. The van der Waals surface area contributed by atoms with Crippen molar-refractivity contribution < 1.29 is 23.8 Å². The third-order valence-corrected chi connectivity index (χ3v) is 6.02. The molecular weight excluding hydrogens is 421 g/mol. The van der Waals surface area contributed by atoms with Crippen LogP contribution in [0.5, 0.6) is 5.75 Å². The zero-order valence-corrected chi connectivity index (χ0v) is 17.9. The molecule has 0 aliphatic carbocycles. The highest BCUT2D eigenvalue weighted by atomic mass is 35.5. The molecule has 2 aliphatic heterocycles. The highest BCUT2D eigenvalue weighted by molar-refractivity contribution is 6.32. The fourth-order valence-corrected chi connectivity index (χ4v) is 4.34. The number of ether oxygens (including phenoxy) is 1. The molecule has 7 heteroatoms. The number of alkyl halides is 1. The second-order valence-corrected chi connectivity index (χ2v) is 8.28. The Morgan fingerprint density at radius 2 is 2.00 bits per heavy atom. The molecule has 0 radical (unpaired) electrons. The normalized spacial score (nSPS) is 20.5. The molecule has 0 bridgehead atoms. The SMILES string of the molecule is CCC(=CC1Cc2cc(-c3ccc(C(=O)N4CC[C@@H](F)C4)cc3)cc(Cl)c2O1)C(=O)O. The van der Waals surface area contributed by atoms with Gasteiger partial charge < -0.3 is 14.7 Å². The maximum Gasteiger partial charge on any atom is 0.331 e. The van der Waals surface area contributed by atoms with E-state index >= 15 is 0 Å². The molecule has 1 amide bonds. The van der Waals surface area contributed by atoms with Crippen molar-refractivity contribution in [1.82, 2.24) is 4.90 Å². The summed E-state index contributed by atoms with van der Waals surface area (Å²) in [5.74, 6) is -0.527. The van der Waals surface area contributed by atoms with Crippen LogP contribution < -0.4 is 4.74 Å². The van der Waals surface area contributed by atoms with E-state index in [4.69, 9.17) is 16.3 Å². The van der Waals surface area contributed by atoms with Gasteiger partial charge in [-0.1, -0.05) is 30.7 Å². The van der Waals surface area contributed by atoms with E-state index in [1.807, 2.05) is 18.2 Å². The molecule has 2 atom stereocenters. The smallest absolute Gasteiger partial charge is 0.331 e. The zero-order valence-electron chi connectivity index (χ0n) is 17.1. The lowest BCUT2D eigenvalue weighted by Gasteiger charge is -2.15. The number of hydrogen-bond acceptors (Lipinski definition) is 3. The number of carboxylic acids is 1. The van der Waals surface area contributed by atoms with Crippen molar-refractivity contribution >= 4 is 23.5 Å². The van der Waals surface area contributed by atoms with Crippen LogP contribution in [-0.2, 0) is 11.2 Å². The van der Waals surface area contributed by atoms with Gasteiger partial charge in [0.05, 0.1) is 11.6 Å². The number of nitrogens with zero attached hydrogens (tertiary/aromatic N) is 1. The first kappa shape index (κ1) is 21.4. The lowest BCUT2D eigenvalue weighted by Crippen LogP contribution is -2.28. The summed E-state index contributed by atoms with van der Waals surface area (Å²) in [7, 11) is 0. The fraction of sp³-hybridized carbons (Fsp3) is 0.333. The molecule has 162 valence electrons. The summed E-state index contributed by atoms with van der Waals surface area (Å²) in [6.45, 7) is 2.39. The van der Waals surface area contributed by atoms with Crippen LogP contribution in [0.4, 0.5) is 4.39 Å². The predicted octanol–water partition coefficient (Wildman–Crippen LogP) is 4.92. The number of carbonyl (C=O) groups excluding carboxylic acids is 1. The number of hydrogen-bond donors (Lipinski definition) is 1. The van der Waals surface area contributed by atoms with E-state index in [0.717, 1.165) is 16.7 Å². The zero-order chi connectivity index (χ0) is 22.1. The van der Waals surface area contributed by atoms with Crippen LogP contribution in [0, 0.1) is 0 Å². The largest absolute Gasteiger partial charge is 0.484 e. The van der Waals surface area contributed by atoms with Gasteiger partial charge in [0, 0.05) is 29.7 Å². The van der Waals surface area contributed by atoms with Gasteiger partial charge in [0.2, 0.25) is 0 Å². The minimum absolute atomic E-state index is 0.151. The van der Waals surface area contributed by atoms with Gasteiger partial charge in [0.25, 0.3) is 5.91 Å². The Balaban J connectivity index is 1.53. The third kappa shape index (κ3) is 4.44. The summed E-state index contributed by atoms with van der Waals surface area (Å²) < 4.78 is 19.3. The Morgan fingerprint density at radius 1 is 1.26 bits per heavy atom. The number of halogens is 2. The van der Waals surface area contributed by atoms with E-state index < -0.39 is 12.1 Å². The number of carboxylic acid groups (broad SMARTS) is 1. The maximum absolute atomic E-state index is 13.4. The molecule has 1 saturated heterocycles. The molecule has 0 spiro atoms. The number of amides is 1. The highest BCUT2D eigenvalue weighted by Crippen LogP contribution is 2.40. The number of likely N-dealkylation sites (tertiary alicyclic amines) is 1. The van der Waals surface area contributed by atoms with Crippen LogP contribution in [0.2, 0.25) is 5.02 Å². The molecule has 0 saturated carbocycles. The van der Waals surface area contributed by atoms with Crippen molar-refractivity contribution in [1.29, 1.82) is 0 Å². The van der Waals surface area contributed by atoms with Crippen molar-refractivity contribution in [3.8, 4) is 16.9 Å². The summed E-state index contributed by atoms with van der Waals surface area (Å²) in [5, 5.41) is 9.71. The van der Waals surface area contributed by atoms with Gasteiger partial charge in [0.15, 0.2) is 0 Å². The summed E-state index contributed by atoms with van der Waals surface area (Å²) in [4.78, 5) is 25.3. The van der Waals surface area contributed by atoms with E-state index in [2.05, 4.69) is 0 Å². The minimum Gasteiger partial charge on any atom is -0.484 e. The van der Waals surface area contributed by atoms with Crippen molar-refractivity contribution in [3.63, 3.8) is 0 Å². The van der Waals surface area contributed by atoms with E-state index in [-0.39, 0.29) is 18.6 Å². The van der Waals surface area contributed by atoms with Crippen molar-refractivity contribution in [3.05, 3.63) is 64.2 Å². The second-order valence-electron chi connectivity index (χ2n) is 7.87. The van der Waals surface area contributed by atoms with Gasteiger partial charge in [-0.2, -0.15) is 0 Å². The first-order valence-electron chi connectivity index (χ1n) is 10.3. The van der Waals surface area contributed by atoms with Crippen LogP contribution in [0.3, 0.4) is 0 Å². The number of fused-ring (bicyclic) bond motifs is 1. The van der Waals surface area contributed by atoms with Crippen molar-refractivity contribution in [2.24, 2.45) is 0 Å². The number of benzene rings is 2. The van der Waals surface area contributed by atoms with Gasteiger partial charge in [-0.3, -0.25) is 4.79 Å². The van der Waals surface area contributed by atoms with Gasteiger partial charge >= 0.3 is 5.97 Å². The van der Waals surface area contributed by atoms with E-state index in [1.165, 1.54) is 0 Å². The van der Waals surface area contributed by atoms with Crippen LogP contribution >= 0.6 is 11.6 Å². The third-order valence-electron chi connectivity index (χ3n) is 5.74. The Hall–Kier alpha value is -2.86. The maximum atomic E-state index is 13.4. The molecule has 1 fully saturated rings. The molecule has 1 N–H and O–H groups in total. The first-order chi connectivity index (χ1) is 14.9. The molecule has 1 unspecified atom stereocenters. The molecule has 4 rings (SSSR count). The summed E-state index contributed by atoms with van der Waals surface area (Å²) in [6.07, 6.45) is 1.67. The quantitative estimate of drug-likeness (QED) is 0.666. The lowest BCUT2D eigenvalue weighted by molar-refractivity contribution is -0.132. The minimum atomic E-state index is -0.945. The predicted molar refractivity (Wildman–Crippen MR) is 116 cm³/mol. The van der Waals surface area contributed by atoms with E-state index in [9.17, 15) is 19.1 Å². The van der Waals surface area contributed by atoms with Gasteiger partial charge in [-0.25, -0.2) is 9.18 Å². The van der Waals surface area contributed by atoms with Crippen molar-refractivity contribution in [2.45, 2.75) is 38.5 Å². The monoisotopic (exact) mass is 443 g/mol. The van der Waals surface area contributed by atoms with Crippen molar-refractivity contribution in [2.75, 3.05) is 13.1 Å². The average molecular weight is 444 g/mol. The number of rotatable bonds is 5. The Labute approximate surface area is 185 Å². The Morgan fingerprint density at radius 3 is 2.61 bits per heavy atom. The van der Waals surface area contributed by atoms with E-state index in [0.29, 0.717) is 47.7 Å². The summed E-state index contributed by atoms with van der Waals surface area (Å²) in [6, 6.07) is 11.0. The molecule has 5 nitrogen and oxygen atoms in total. The molecule has 2 heterocycles. The lowest BCUT2D eigenvalue weighted by atomic mass is 9.99. The van der Waals surface area contributed by atoms with E-state index in [1.54, 1.807) is 36.1 Å². The Kier molecular flexibility index (Phi) is 6.01. The summed E-state index contributed by atoms with van der Waals surface area (Å²) >= 11 is 6.45. The topological polar surface area (TPSA) is 66.8 Å². The summed E-state index contributed by atoms with van der Waals surface area (Å²) in [5.41, 5.74) is 3.53. The second kappa shape index (κ2) is 8.71. The Bertz CT molecular complexity index is 1050. The average Bonchev–Trinajstić information content (AvgIpc) is 3.37. The van der Waals surface area contributed by atoms with Gasteiger partial charge in [-0.05, 0) is 54.3 Å². The number of carbonyl (C=O) groups is 2. The molecule has 2 aromatic carbocycles. The molecular formula is C24H23ClFNO4. The van der Waals surface area contributed by atoms with Gasteiger partial charge in [-0.15, -0.1) is 0 Å². The van der Waals surface area contributed by atoms with Crippen LogP contribution in [0.25, 0.3) is 11.1 Å². The number of aliphatic carboxylic acids is 1. The first-order valence-corrected chi connectivity index (χ1v) is 10.7. The standard InChI is InChI=1S/C24H23ClFNO4/c1-2-14(24(29)30)10-20-11-18-9-17(12-21(25)22(18)31-20)15-3-5-16(6-4-15)23(28)27-8-7-19(26)13-27/h3-6,9-10,12,19-20H,2,7-8,11,13H2,1H3,(H,29,30)/t19-,20?/m1/s1. The fourth-order valence-electron chi connectivity index (χ4n) is 4.06. The van der Waals surface area contributed by atoms with Crippen LogP contribution in [0.15, 0.2) is 48.0 Å². The highest BCUT2D eigenvalue weighted by Gasteiger charge is 2.27.